The first-order chi connectivity index (χ1) is 7.84. The van der Waals surface area contributed by atoms with Gasteiger partial charge in [0.05, 0.1) is 28.0 Å². The smallest absolute Gasteiger partial charge is 0.234 e. The molecule has 0 aromatic carbocycles. The van der Waals surface area contributed by atoms with Crippen LogP contribution in [-0.4, -0.2) is 21.1 Å². The minimum absolute atomic E-state index is 0.0695. The van der Waals surface area contributed by atoms with Gasteiger partial charge in [0.15, 0.2) is 0 Å². The third-order valence-corrected chi connectivity index (χ3v) is 2.89. The fourth-order valence-corrected chi connectivity index (χ4v) is 2.08. The predicted octanol–water partition coefficient (Wildman–Crippen LogP) is 1.52. The second-order valence-electron chi connectivity index (χ2n) is 4.42. The first-order valence-corrected chi connectivity index (χ1v) is 5.87. The minimum atomic E-state index is -0.460. The topological polar surface area (TPSA) is 83.8 Å². The van der Waals surface area contributed by atoms with E-state index < -0.39 is 5.92 Å². The number of H-pyrrole nitrogens is 1. The van der Waals surface area contributed by atoms with Crippen LogP contribution in [0.4, 0.5) is 5.69 Å². The van der Waals surface area contributed by atoms with Gasteiger partial charge in [-0.05, 0) is 19.8 Å². The summed E-state index contributed by atoms with van der Waals surface area (Å²) in [6, 6.07) is 0. The highest BCUT2D eigenvalue weighted by atomic mass is 32.1. The molecular weight excluding hydrogens is 236 g/mol. The molecule has 0 radical (unpaired) electrons. The van der Waals surface area contributed by atoms with Crippen molar-refractivity contribution in [1.29, 1.82) is 0 Å². The highest BCUT2D eigenvalue weighted by Crippen LogP contribution is 2.19. The van der Waals surface area contributed by atoms with Crippen molar-refractivity contribution in [3.63, 3.8) is 0 Å². The summed E-state index contributed by atoms with van der Waals surface area (Å²) < 4.78 is 0. The van der Waals surface area contributed by atoms with Gasteiger partial charge >= 0.3 is 0 Å². The summed E-state index contributed by atoms with van der Waals surface area (Å²) in [7, 11) is 0. The van der Waals surface area contributed by atoms with Gasteiger partial charge in [-0.3, -0.25) is 9.89 Å². The molecule has 1 heterocycles. The Hall–Kier alpha value is -1.43. The van der Waals surface area contributed by atoms with E-state index in [9.17, 15) is 4.79 Å². The minimum Gasteiger partial charge on any atom is -0.393 e. The van der Waals surface area contributed by atoms with E-state index >= 15 is 0 Å². The lowest BCUT2D eigenvalue weighted by Crippen LogP contribution is -2.36. The highest BCUT2D eigenvalue weighted by Gasteiger charge is 2.26. The third kappa shape index (κ3) is 3.03. The van der Waals surface area contributed by atoms with E-state index in [4.69, 9.17) is 18.0 Å². The molecule has 94 valence electrons. The van der Waals surface area contributed by atoms with Crippen LogP contribution in [-0.2, 0) is 4.79 Å². The molecule has 17 heavy (non-hydrogen) atoms. The van der Waals surface area contributed by atoms with E-state index in [-0.39, 0.29) is 16.8 Å². The summed E-state index contributed by atoms with van der Waals surface area (Å²) in [5.41, 5.74) is 7.87. The number of anilines is 1. The number of aromatic amines is 1. The summed E-state index contributed by atoms with van der Waals surface area (Å²) in [6.45, 7) is 7.50. The molecule has 1 atom stereocenters. The Morgan fingerprint density at radius 1 is 1.47 bits per heavy atom. The number of rotatable bonds is 4. The number of nitrogens with one attached hydrogen (secondary N) is 2. The van der Waals surface area contributed by atoms with Gasteiger partial charge in [0.2, 0.25) is 5.91 Å². The lowest BCUT2D eigenvalue weighted by molar-refractivity contribution is -0.118. The molecule has 0 bridgehead atoms. The van der Waals surface area contributed by atoms with Gasteiger partial charge < -0.3 is 11.1 Å². The fourth-order valence-electron chi connectivity index (χ4n) is 1.70. The van der Waals surface area contributed by atoms with Crippen molar-refractivity contribution < 1.29 is 4.79 Å². The van der Waals surface area contributed by atoms with Crippen LogP contribution in [0.1, 0.15) is 25.2 Å². The maximum absolute atomic E-state index is 12.1. The Kier molecular flexibility index (Phi) is 4.22. The van der Waals surface area contributed by atoms with Crippen LogP contribution in [0.3, 0.4) is 0 Å². The molecule has 0 aliphatic carbocycles. The number of hydrogen-bond acceptors (Lipinski definition) is 3. The number of thiocarbonyl (C=S) groups is 1. The Morgan fingerprint density at radius 3 is 2.41 bits per heavy atom. The molecule has 0 aliphatic heterocycles. The second-order valence-corrected chi connectivity index (χ2v) is 4.89. The number of carbonyl (C=O) groups is 1. The number of amides is 1. The van der Waals surface area contributed by atoms with Crippen LogP contribution in [0, 0.1) is 25.7 Å². The predicted molar refractivity (Wildman–Crippen MR) is 71.8 cm³/mol. The van der Waals surface area contributed by atoms with E-state index in [1.807, 2.05) is 27.7 Å². The largest absolute Gasteiger partial charge is 0.393 e. The van der Waals surface area contributed by atoms with Gasteiger partial charge in [-0.15, -0.1) is 0 Å². The lowest BCUT2D eigenvalue weighted by Gasteiger charge is -2.18. The van der Waals surface area contributed by atoms with Gasteiger partial charge in [-0.1, -0.05) is 26.1 Å². The zero-order valence-corrected chi connectivity index (χ0v) is 11.3. The van der Waals surface area contributed by atoms with Crippen LogP contribution < -0.4 is 11.1 Å². The molecule has 1 amide bonds. The molecule has 0 saturated carbocycles. The SMILES string of the molecule is Cc1n[nH]c(C)c1NC(=O)C(C(N)=S)C(C)C. The van der Waals surface area contributed by atoms with Crippen LogP contribution >= 0.6 is 12.2 Å². The van der Waals surface area contributed by atoms with Crippen molar-refractivity contribution in [2.24, 2.45) is 17.6 Å². The molecule has 1 rings (SSSR count). The number of aromatic nitrogens is 2. The van der Waals surface area contributed by atoms with Crippen molar-refractivity contribution in [2.45, 2.75) is 27.7 Å². The quantitative estimate of drug-likeness (QED) is 0.711. The Bertz CT molecular complexity index is 419. The lowest BCUT2D eigenvalue weighted by atomic mass is 9.95. The van der Waals surface area contributed by atoms with Gasteiger partial charge in [0.25, 0.3) is 0 Å². The average molecular weight is 254 g/mol. The van der Waals surface area contributed by atoms with Gasteiger partial charge in [-0.2, -0.15) is 5.10 Å². The summed E-state index contributed by atoms with van der Waals surface area (Å²) in [5.74, 6) is -0.571. The van der Waals surface area contributed by atoms with Gasteiger partial charge in [0, 0.05) is 0 Å². The average Bonchev–Trinajstić information content (AvgIpc) is 2.48. The van der Waals surface area contributed by atoms with Crippen molar-refractivity contribution >= 4 is 28.8 Å². The molecule has 1 aromatic rings. The summed E-state index contributed by atoms with van der Waals surface area (Å²) in [6.07, 6.45) is 0. The molecule has 0 aliphatic rings. The first-order valence-electron chi connectivity index (χ1n) is 5.46. The molecule has 0 fully saturated rings. The van der Waals surface area contributed by atoms with Crippen molar-refractivity contribution in [3.8, 4) is 0 Å². The molecule has 0 spiro atoms. The van der Waals surface area contributed by atoms with Crippen LogP contribution in [0.25, 0.3) is 0 Å². The van der Waals surface area contributed by atoms with E-state index in [0.717, 1.165) is 11.4 Å². The summed E-state index contributed by atoms with van der Waals surface area (Å²) in [5, 5.41) is 9.65. The Balaban J connectivity index is 2.88. The normalized spacial score (nSPS) is 12.5. The van der Waals surface area contributed by atoms with E-state index in [2.05, 4.69) is 15.5 Å². The third-order valence-electron chi connectivity index (χ3n) is 2.63. The molecule has 4 N–H and O–H groups in total. The maximum atomic E-state index is 12.1. The van der Waals surface area contributed by atoms with E-state index in [1.165, 1.54) is 0 Å². The molecule has 5 nitrogen and oxygen atoms in total. The summed E-state index contributed by atoms with van der Waals surface area (Å²) in [4.78, 5) is 12.3. The van der Waals surface area contributed by atoms with Crippen LogP contribution in [0.5, 0.6) is 0 Å². The molecular formula is C11H18N4OS. The summed E-state index contributed by atoms with van der Waals surface area (Å²) >= 11 is 4.92. The number of hydrogen-bond donors (Lipinski definition) is 3. The molecule has 0 saturated heterocycles. The zero-order chi connectivity index (χ0) is 13.2. The van der Waals surface area contributed by atoms with E-state index in [1.54, 1.807) is 0 Å². The number of nitrogens with two attached hydrogens (primary N) is 1. The zero-order valence-electron chi connectivity index (χ0n) is 10.5. The molecule has 1 unspecified atom stereocenters. The maximum Gasteiger partial charge on any atom is 0.234 e. The Morgan fingerprint density at radius 2 is 2.06 bits per heavy atom. The fraction of sp³-hybridized carbons (Fsp3) is 0.545. The van der Waals surface area contributed by atoms with Crippen molar-refractivity contribution in [3.05, 3.63) is 11.4 Å². The Labute approximate surface area is 106 Å². The molecule has 1 aromatic heterocycles. The number of carbonyl (C=O) groups excluding carboxylic acids is 1. The standard InChI is InChI=1S/C11H18N4OS/c1-5(2)8(10(12)17)11(16)13-9-6(3)14-15-7(9)4/h5,8H,1-4H3,(H2,12,17)(H,13,16)(H,14,15). The van der Waals surface area contributed by atoms with Gasteiger partial charge in [0.1, 0.15) is 0 Å². The van der Waals surface area contributed by atoms with Gasteiger partial charge in [-0.25, -0.2) is 0 Å². The highest BCUT2D eigenvalue weighted by molar-refractivity contribution is 7.80. The second kappa shape index (κ2) is 5.27. The molecule has 6 heteroatoms. The monoisotopic (exact) mass is 254 g/mol. The van der Waals surface area contributed by atoms with E-state index in [0.29, 0.717) is 5.69 Å². The van der Waals surface area contributed by atoms with Crippen LogP contribution in [0.2, 0.25) is 0 Å². The van der Waals surface area contributed by atoms with Crippen LogP contribution in [0.15, 0.2) is 0 Å². The number of aryl methyl sites for hydroxylation is 2. The number of nitrogens with zero attached hydrogens (tertiary/aromatic N) is 1. The first kappa shape index (κ1) is 13.6. The van der Waals surface area contributed by atoms with Crippen molar-refractivity contribution in [1.82, 2.24) is 10.2 Å². The van der Waals surface area contributed by atoms with Crippen molar-refractivity contribution in [2.75, 3.05) is 5.32 Å².